The van der Waals surface area contributed by atoms with Crippen molar-refractivity contribution in [1.29, 1.82) is 0 Å². The monoisotopic (exact) mass is 242 g/mol. The summed E-state index contributed by atoms with van der Waals surface area (Å²) >= 11 is 0. The minimum atomic E-state index is -0.434. The van der Waals surface area contributed by atoms with Crippen molar-refractivity contribution in [2.45, 2.75) is 20.0 Å². The van der Waals surface area contributed by atoms with Gasteiger partial charge in [0.25, 0.3) is 0 Å². The maximum Gasteiger partial charge on any atom is 0.224 e. The van der Waals surface area contributed by atoms with Crippen molar-refractivity contribution < 1.29 is 9.13 Å². The van der Waals surface area contributed by atoms with Gasteiger partial charge < -0.3 is 15.0 Å². The summed E-state index contributed by atoms with van der Waals surface area (Å²) in [4.78, 5) is 9.56. The van der Waals surface area contributed by atoms with Crippen LogP contribution < -0.4 is 10.2 Å². The highest BCUT2D eigenvalue weighted by Gasteiger charge is 2.11. The van der Waals surface area contributed by atoms with E-state index in [9.17, 15) is 4.39 Å². The van der Waals surface area contributed by atoms with E-state index in [0.717, 1.165) is 6.20 Å². The first kappa shape index (κ1) is 13.6. The van der Waals surface area contributed by atoms with Crippen LogP contribution in [-0.2, 0) is 4.74 Å². The predicted molar refractivity (Wildman–Crippen MR) is 65.9 cm³/mol. The van der Waals surface area contributed by atoms with Crippen molar-refractivity contribution in [3.8, 4) is 0 Å². The Morgan fingerprint density at radius 1 is 1.53 bits per heavy atom. The topological polar surface area (TPSA) is 50.3 Å². The van der Waals surface area contributed by atoms with Gasteiger partial charge in [0, 0.05) is 20.6 Å². The lowest BCUT2D eigenvalue weighted by molar-refractivity contribution is 0.0845. The quantitative estimate of drug-likeness (QED) is 0.819. The SMILES string of the molecule is CNc1ncc(F)c(N(C)CCOC(C)C)n1. The second-order valence-corrected chi connectivity index (χ2v) is 3.96. The molecule has 0 radical (unpaired) electrons. The Labute approximate surface area is 101 Å². The van der Waals surface area contributed by atoms with Gasteiger partial charge >= 0.3 is 0 Å². The van der Waals surface area contributed by atoms with E-state index in [2.05, 4.69) is 15.3 Å². The van der Waals surface area contributed by atoms with E-state index < -0.39 is 5.82 Å². The number of nitrogens with zero attached hydrogens (tertiary/aromatic N) is 3. The van der Waals surface area contributed by atoms with Crippen LogP contribution in [0.1, 0.15) is 13.8 Å². The summed E-state index contributed by atoms with van der Waals surface area (Å²) in [5.74, 6) is 0.241. The van der Waals surface area contributed by atoms with Gasteiger partial charge in [0.05, 0.1) is 18.9 Å². The molecule has 96 valence electrons. The summed E-state index contributed by atoms with van der Waals surface area (Å²) in [5.41, 5.74) is 0. The third-order valence-electron chi connectivity index (χ3n) is 2.19. The molecule has 17 heavy (non-hydrogen) atoms. The molecule has 1 rings (SSSR count). The van der Waals surface area contributed by atoms with E-state index in [1.807, 2.05) is 13.8 Å². The van der Waals surface area contributed by atoms with E-state index in [1.54, 1.807) is 19.0 Å². The third kappa shape index (κ3) is 4.14. The lowest BCUT2D eigenvalue weighted by atomic mass is 10.4. The van der Waals surface area contributed by atoms with Crippen LogP contribution in [0.25, 0.3) is 0 Å². The maximum atomic E-state index is 13.5. The number of nitrogens with one attached hydrogen (secondary N) is 1. The fourth-order valence-electron chi connectivity index (χ4n) is 1.28. The molecule has 0 aromatic carbocycles. The molecule has 0 saturated carbocycles. The number of hydrogen-bond donors (Lipinski definition) is 1. The van der Waals surface area contributed by atoms with Gasteiger partial charge in [-0.25, -0.2) is 9.37 Å². The number of hydrogen-bond acceptors (Lipinski definition) is 5. The van der Waals surface area contributed by atoms with E-state index in [-0.39, 0.29) is 11.9 Å². The molecule has 0 amide bonds. The van der Waals surface area contributed by atoms with Crippen LogP contribution in [0.4, 0.5) is 16.2 Å². The van der Waals surface area contributed by atoms with Crippen LogP contribution in [0, 0.1) is 5.82 Å². The molecule has 0 atom stereocenters. The summed E-state index contributed by atoms with van der Waals surface area (Å²) in [7, 11) is 3.47. The second kappa shape index (κ2) is 6.34. The molecule has 1 N–H and O–H groups in total. The fraction of sp³-hybridized carbons (Fsp3) is 0.636. The molecular formula is C11H19FN4O. The Kier molecular flexibility index (Phi) is 5.09. The molecule has 0 aliphatic heterocycles. The summed E-state index contributed by atoms with van der Waals surface area (Å²) < 4.78 is 18.9. The third-order valence-corrected chi connectivity index (χ3v) is 2.19. The Balaban J connectivity index is 2.64. The van der Waals surface area contributed by atoms with Crippen molar-refractivity contribution >= 4 is 11.8 Å². The van der Waals surface area contributed by atoms with Crippen LogP contribution in [0.15, 0.2) is 6.20 Å². The van der Waals surface area contributed by atoms with Crippen molar-refractivity contribution in [2.75, 3.05) is 37.5 Å². The maximum absolute atomic E-state index is 13.5. The Bertz CT molecular complexity index is 359. The van der Waals surface area contributed by atoms with Gasteiger partial charge in [-0.15, -0.1) is 0 Å². The van der Waals surface area contributed by atoms with E-state index in [1.165, 1.54) is 0 Å². The molecule has 0 spiro atoms. The van der Waals surface area contributed by atoms with Gasteiger partial charge in [-0.2, -0.15) is 4.98 Å². The molecule has 0 bridgehead atoms. The average molecular weight is 242 g/mol. The molecule has 6 heteroatoms. The number of ether oxygens (including phenoxy) is 1. The minimum Gasteiger partial charge on any atom is -0.377 e. The first-order valence-corrected chi connectivity index (χ1v) is 5.57. The van der Waals surface area contributed by atoms with E-state index in [4.69, 9.17) is 4.74 Å². The Hall–Kier alpha value is -1.43. The van der Waals surface area contributed by atoms with Gasteiger partial charge in [-0.1, -0.05) is 0 Å². The van der Waals surface area contributed by atoms with Crippen LogP contribution in [0.3, 0.4) is 0 Å². The molecule has 1 aromatic rings. The number of rotatable bonds is 6. The van der Waals surface area contributed by atoms with Crippen LogP contribution >= 0.6 is 0 Å². The smallest absolute Gasteiger partial charge is 0.224 e. The predicted octanol–water partition coefficient (Wildman–Crippen LogP) is 1.52. The lowest BCUT2D eigenvalue weighted by Gasteiger charge is -2.19. The first-order chi connectivity index (χ1) is 8.04. The lowest BCUT2D eigenvalue weighted by Crippen LogP contribution is -2.26. The molecule has 0 saturated heterocycles. The molecule has 5 nitrogen and oxygen atoms in total. The highest BCUT2D eigenvalue weighted by atomic mass is 19.1. The number of likely N-dealkylation sites (N-methyl/N-ethyl adjacent to an activating group) is 1. The fourth-order valence-corrected chi connectivity index (χ4v) is 1.28. The van der Waals surface area contributed by atoms with Crippen LogP contribution in [0.5, 0.6) is 0 Å². The van der Waals surface area contributed by atoms with Crippen molar-refractivity contribution in [3.05, 3.63) is 12.0 Å². The van der Waals surface area contributed by atoms with E-state index >= 15 is 0 Å². The molecule has 0 aliphatic carbocycles. The summed E-state index contributed by atoms with van der Waals surface area (Å²) in [6, 6.07) is 0. The molecule has 0 fully saturated rings. The van der Waals surface area contributed by atoms with Gasteiger partial charge in [0.1, 0.15) is 0 Å². The van der Waals surface area contributed by atoms with Crippen molar-refractivity contribution in [2.24, 2.45) is 0 Å². The normalized spacial score (nSPS) is 10.7. The zero-order valence-corrected chi connectivity index (χ0v) is 10.7. The van der Waals surface area contributed by atoms with Gasteiger partial charge in [0.2, 0.25) is 5.95 Å². The average Bonchev–Trinajstić information content (AvgIpc) is 2.29. The highest BCUT2D eigenvalue weighted by molar-refractivity contribution is 5.42. The van der Waals surface area contributed by atoms with Crippen molar-refractivity contribution in [3.63, 3.8) is 0 Å². The van der Waals surface area contributed by atoms with Crippen LogP contribution in [-0.4, -0.2) is 43.3 Å². The molecule has 0 aliphatic rings. The van der Waals surface area contributed by atoms with Gasteiger partial charge in [-0.05, 0) is 13.8 Å². The number of halogens is 1. The Morgan fingerprint density at radius 2 is 2.24 bits per heavy atom. The first-order valence-electron chi connectivity index (χ1n) is 5.57. The zero-order valence-electron chi connectivity index (χ0n) is 10.7. The van der Waals surface area contributed by atoms with Crippen molar-refractivity contribution in [1.82, 2.24) is 9.97 Å². The Morgan fingerprint density at radius 3 is 2.82 bits per heavy atom. The largest absolute Gasteiger partial charge is 0.377 e. The second-order valence-electron chi connectivity index (χ2n) is 3.96. The molecule has 0 unspecified atom stereocenters. The standard InChI is InChI=1S/C11H19FN4O/c1-8(2)17-6-5-16(4)10-9(12)7-14-11(13-3)15-10/h7-8H,5-6H2,1-4H3,(H,13,14,15). The highest BCUT2D eigenvalue weighted by Crippen LogP contribution is 2.15. The van der Waals surface area contributed by atoms with E-state index in [0.29, 0.717) is 19.1 Å². The summed E-state index contributed by atoms with van der Waals surface area (Å²) in [5, 5.41) is 2.78. The number of anilines is 2. The molecule has 1 heterocycles. The molecule has 1 aromatic heterocycles. The summed E-state index contributed by atoms with van der Waals surface area (Å²) in [6.45, 7) is 5.04. The number of aromatic nitrogens is 2. The van der Waals surface area contributed by atoms with Gasteiger partial charge in [-0.3, -0.25) is 0 Å². The minimum absolute atomic E-state index is 0.173. The van der Waals surface area contributed by atoms with Crippen LogP contribution in [0.2, 0.25) is 0 Å². The van der Waals surface area contributed by atoms with Gasteiger partial charge in [0.15, 0.2) is 11.6 Å². The molecular weight excluding hydrogens is 223 g/mol. The zero-order chi connectivity index (χ0) is 12.8. The summed E-state index contributed by atoms with van der Waals surface area (Å²) in [6.07, 6.45) is 1.33.